The number of aryl methyl sites for hydroxylation is 1. The molecule has 0 aromatic carbocycles. The first kappa shape index (κ1) is 5.81. The zero-order chi connectivity index (χ0) is 7.31. The van der Waals surface area contributed by atoms with Crippen molar-refractivity contribution in [3.05, 3.63) is 18.0 Å². The summed E-state index contributed by atoms with van der Waals surface area (Å²) < 4.78 is 2.19. The molecule has 1 fully saturated rings. The molecule has 0 amide bonds. The van der Waals surface area contributed by atoms with Crippen molar-refractivity contribution in [1.82, 2.24) is 9.78 Å². The zero-order valence-electron chi connectivity index (χ0n) is 6.58. The van der Waals surface area contributed by atoms with Crippen LogP contribution >= 0.6 is 0 Å². The molecule has 1 aromatic heterocycles. The Morgan fingerprint density at radius 2 is 2.27 bits per heavy atom. The maximum absolute atomic E-state index is 4.31. The lowest BCUT2D eigenvalue weighted by Crippen LogP contribution is -2.21. The van der Waals surface area contributed by atoms with Crippen molar-refractivity contribution < 1.29 is 0 Å². The van der Waals surface area contributed by atoms with Crippen LogP contribution in [0.3, 0.4) is 0 Å². The Hall–Kier alpha value is -0.790. The standard InChI is InChI=1S/C9H12N2/c1-3-9(4-5-9)7-11-8(1)2-6-10-11/h2,6H,1,3-5,7H2. The Morgan fingerprint density at radius 1 is 1.36 bits per heavy atom. The van der Waals surface area contributed by atoms with Gasteiger partial charge in [-0.05, 0) is 37.2 Å². The highest BCUT2D eigenvalue weighted by molar-refractivity contribution is 5.09. The first-order valence-corrected chi connectivity index (χ1v) is 4.39. The number of fused-ring (bicyclic) bond motifs is 1. The molecular weight excluding hydrogens is 136 g/mol. The summed E-state index contributed by atoms with van der Waals surface area (Å²) >= 11 is 0. The molecule has 0 unspecified atom stereocenters. The average Bonchev–Trinajstić information content (AvgIpc) is 2.63. The minimum atomic E-state index is 0.693. The van der Waals surface area contributed by atoms with Crippen LogP contribution in [0.15, 0.2) is 12.3 Å². The molecule has 0 radical (unpaired) electrons. The molecule has 11 heavy (non-hydrogen) atoms. The molecule has 1 aromatic rings. The van der Waals surface area contributed by atoms with E-state index in [-0.39, 0.29) is 0 Å². The van der Waals surface area contributed by atoms with E-state index >= 15 is 0 Å². The number of aromatic nitrogens is 2. The van der Waals surface area contributed by atoms with Crippen LogP contribution in [0.4, 0.5) is 0 Å². The summed E-state index contributed by atoms with van der Waals surface area (Å²) in [5.74, 6) is 0. The van der Waals surface area contributed by atoms with Crippen molar-refractivity contribution in [3.63, 3.8) is 0 Å². The molecule has 0 saturated heterocycles. The minimum Gasteiger partial charge on any atom is -0.269 e. The van der Waals surface area contributed by atoms with Crippen molar-refractivity contribution in [2.24, 2.45) is 5.41 Å². The molecule has 1 aliphatic heterocycles. The van der Waals surface area contributed by atoms with Crippen LogP contribution in [0.2, 0.25) is 0 Å². The van der Waals surface area contributed by atoms with E-state index in [9.17, 15) is 0 Å². The Bertz CT molecular complexity index is 284. The summed E-state index contributed by atoms with van der Waals surface area (Å²) in [6.45, 7) is 1.19. The third-order valence-corrected chi connectivity index (χ3v) is 3.16. The molecule has 58 valence electrons. The topological polar surface area (TPSA) is 17.8 Å². The molecule has 1 aliphatic carbocycles. The highest BCUT2D eigenvalue weighted by atomic mass is 15.3. The zero-order valence-corrected chi connectivity index (χ0v) is 6.58. The maximum Gasteiger partial charge on any atom is 0.0492 e. The van der Waals surface area contributed by atoms with Gasteiger partial charge in [0.15, 0.2) is 0 Å². The third-order valence-electron chi connectivity index (χ3n) is 3.16. The van der Waals surface area contributed by atoms with Crippen LogP contribution in [0.25, 0.3) is 0 Å². The van der Waals surface area contributed by atoms with E-state index in [0.29, 0.717) is 5.41 Å². The highest BCUT2D eigenvalue weighted by Gasteiger charge is 2.44. The van der Waals surface area contributed by atoms with E-state index in [4.69, 9.17) is 0 Å². The fourth-order valence-corrected chi connectivity index (χ4v) is 2.09. The van der Waals surface area contributed by atoms with E-state index in [0.717, 1.165) is 0 Å². The van der Waals surface area contributed by atoms with Gasteiger partial charge in [-0.15, -0.1) is 0 Å². The number of rotatable bonds is 0. The average molecular weight is 148 g/mol. The van der Waals surface area contributed by atoms with Crippen molar-refractivity contribution >= 4 is 0 Å². The molecule has 2 heterocycles. The summed E-state index contributed by atoms with van der Waals surface area (Å²) in [4.78, 5) is 0. The molecule has 0 bridgehead atoms. The van der Waals surface area contributed by atoms with E-state index in [1.54, 1.807) is 0 Å². The fourth-order valence-electron chi connectivity index (χ4n) is 2.09. The monoisotopic (exact) mass is 148 g/mol. The molecular formula is C9H12N2. The third kappa shape index (κ3) is 0.753. The smallest absolute Gasteiger partial charge is 0.0492 e. The SMILES string of the molecule is c1cc2n(n1)CC1(CC2)CC1. The first-order valence-electron chi connectivity index (χ1n) is 4.39. The van der Waals surface area contributed by atoms with E-state index in [1.165, 1.54) is 37.9 Å². The van der Waals surface area contributed by atoms with Crippen LogP contribution < -0.4 is 0 Å². The van der Waals surface area contributed by atoms with Crippen molar-refractivity contribution in [2.75, 3.05) is 0 Å². The normalized spacial score (nSPS) is 25.1. The van der Waals surface area contributed by atoms with Gasteiger partial charge in [0.2, 0.25) is 0 Å². The van der Waals surface area contributed by atoms with Crippen LogP contribution in [0, 0.1) is 5.41 Å². The lowest BCUT2D eigenvalue weighted by molar-refractivity contribution is 0.325. The molecule has 0 N–H and O–H groups in total. The number of hydrogen-bond donors (Lipinski definition) is 0. The summed E-state index contributed by atoms with van der Waals surface area (Å²) in [7, 11) is 0. The second-order valence-electron chi connectivity index (χ2n) is 3.98. The van der Waals surface area contributed by atoms with Gasteiger partial charge in [0.1, 0.15) is 0 Å². The Labute approximate surface area is 66.2 Å². The van der Waals surface area contributed by atoms with Crippen LogP contribution in [-0.2, 0) is 13.0 Å². The van der Waals surface area contributed by atoms with E-state index in [1.807, 2.05) is 6.20 Å². The molecule has 2 aliphatic rings. The summed E-state index contributed by atoms with van der Waals surface area (Å²) in [5.41, 5.74) is 2.13. The quantitative estimate of drug-likeness (QED) is 0.546. The van der Waals surface area contributed by atoms with Gasteiger partial charge < -0.3 is 0 Å². The Balaban J connectivity index is 2.00. The number of hydrogen-bond acceptors (Lipinski definition) is 1. The minimum absolute atomic E-state index is 0.693. The van der Waals surface area contributed by atoms with Gasteiger partial charge in [-0.2, -0.15) is 5.10 Å². The molecule has 3 rings (SSSR count). The van der Waals surface area contributed by atoms with Crippen molar-refractivity contribution in [1.29, 1.82) is 0 Å². The van der Waals surface area contributed by atoms with E-state index in [2.05, 4.69) is 15.8 Å². The predicted molar refractivity (Wildman–Crippen MR) is 42.2 cm³/mol. The van der Waals surface area contributed by atoms with Gasteiger partial charge in [-0.25, -0.2) is 0 Å². The second-order valence-corrected chi connectivity index (χ2v) is 3.98. The van der Waals surface area contributed by atoms with E-state index < -0.39 is 0 Å². The maximum atomic E-state index is 4.31. The van der Waals surface area contributed by atoms with Gasteiger partial charge in [-0.3, -0.25) is 4.68 Å². The first-order chi connectivity index (χ1) is 5.38. The van der Waals surface area contributed by atoms with Crippen molar-refractivity contribution in [2.45, 2.75) is 32.2 Å². The molecule has 2 heteroatoms. The fraction of sp³-hybridized carbons (Fsp3) is 0.667. The van der Waals surface area contributed by atoms with Gasteiger partial charge in [0.25, 0.3) is 0 Å². The lowest BCUT2D eigenvalue weighted by Gasteiger charge is -2.22. The second kappa shape index (κ2) is 1.68. The highest BCUT2D eigenvalue weighted by Crippen LogP contribution is 2.52. The molecule has 2 nitrogen and oxygen atoms in total. The summed E-state index contributed by atoms with van der Waals surface area (Å²) in [5, 5.41) is 4.31. The summed E-state index contributed by atoms with van der Waals surface area (Å²) in [6.07, 6.45) is 7.45. The van der Waals surface area contributed by atoms with Gasteiger partial charge >= 0.3 is 0 Å². The Kier molecular flexibility index (Phi) is 0.888. The van der Waals surface area contributed by atoms with Gasteiger partial charge in [-0.1, -0.05) is 0 Å². The summed E-state index contributed by atoms with van der Waals surface area (Å²) in [6, 6.07) is 2.15. The lowest BCUT2D eigenvalue weighted by atomic mass is 9.96. The van der Waals surface area contributed by atoms with Crippen molar-refractivity contribution in [3.8, 4) is 0 Å². The van der Waals surface area contributed by atoms with Gasteiger partial charge in [0.05, 0.1) is 0 Å². The predicted octanol–water partition coefficient (Wildman–Crippen LogP) is 1.61. The van der Waals surface area contributed by atoms with Crippen LogP contribution in [0.1, 0.15) is 25.0 Å². The number of nitrogens with zero attached hydrogens (tertiary/aromatic N) is 2. The largest absolute Gasteiger partial charge is 0.269 e. The van der Waals surface area contributed by atoms with Crippen LogP contribution in [-0.4, -0.2) is 9.78 Å². The van der Waals surface area contributed by atoms with Crippen LogP contribution in [0.5, 0.6) is 0 Å². The van der Waals surface area contributed by atoms with Gasteiger partial charge in [0, 0.05) is 18.4 Å². The Morgan fingerprint density at radius 3 is 3.09 bits per heavy atom. The molecule has 1 spiro atoms. The molecule has 0 atom stereocenters. The molecule has 1 saturated carbocycles.